The van der Waals surface area contributed by atoms with Crippen LogP contribution in [0.2, 0.25) is 5.02 Å². The molecule has 0 aromatic carbocycles. The Morgan fingerprint density at radius 2 is 1.81 bits per heavy atom. The molecule has 2 nitrogen and oxygen atoms in total. The standard InChI is InChI=1S/C11H17ClO2S2/c1-7(2)16(13,14)8-6-15-10(9(8)12)11(3,4)5/h6-7H,1-5H3. The third kappa shape index (κ3) is 2.44. The molecule has 0 atom stereocenters. The molecule has 0 unspecified atom stereocenters. The number of hydrogen-bond donors (Lipinski definition) is 0. The van der Waals surface area contributed by atoms with Crippen molar-refractivity contribution < 1.29 is 8.42 Å². The normalized spacial score (nSPS) is 13.4. The molecule has 0 spiro atoms. The van der Waals surface area contributed by atoms with E-state index in [0.717, 1.165) is 4.88 Å². The average molecular weight is 281 g/mol. The molecule has 1 rings (SSSR count). The van der Waals surface area contributed by atoms with Crippen molar-refractivity contribution in [3.8, 4) is 0 Å². The Labute approximate surface area is 107 Å². The Kier molecular flexibility index (Phi) is 3.78. The molecule has 0 radical (unpaired) electrons. The molecule has 1 heterocycles. The largest absolute Gasteiger partial charge is 0.223 e. The lowest BCUT2D eigenvalue weighted by atomic mass is 9.95. The molecule has 1 aromatic rings. The Morgan fingerprint density at radius 3 is 2.12 bits per heavy atom. The molecule has 0 fully saturated rings. The summed E-state index contributed by atoms with van der Waals surface area (Å²) in [5, 5.41) is 1.61. The van der Waals surface area contributed by atoms with E-state index in [1.165, 1.54) is 11.3 Å². The van der Waals surface area contributed by atoms with Crippen molar-refractivity contribution in [2.24, 2.45) is 0 Å². The molecule has 5 heteroatoms. The van der Waals surface area contributed by atoms with Gasteiger partial charge in [0, 0.05) is 10.3 Å². The smallest absolute Gasteiger partial charge is 0.182 e. The minimum absolute atomic E-state index is 0.119. The van der Waals surface area contributed by atoms with Gasteiger partial charge in [0.15, 0.2) is 9.84 Å². The average Bonchev–Trinajstić information content (AvgIpc) is 2.45. The summed E-state index contributed by atoms with van der Waals surface area (Å²) in [7, 11) is -3.27. The van der Waals surface area contributed by atoms with Crippen molar-refractivity contribution in [2.45, 2.75) is 50.2 Å². The quantitative estimate of drug-likeness (QED) is 0.824. The molecule has 0 saturated heterocycles. The third-order valence-corrected chi connectivity index (χ3v) is 6.66. The van der Waals surface area contributed by atoms with Crippen LogP contribution in [0, 0.1) is 0 Å². The van der Waals surface area contributed by atoms with Gasteiger partial charge in [0.05, 0.1) is 15.2 Å². The number of rotatable bonds is 2. The van der Waals surface area contributed by atoms with Crippen LogP contribution in [0.25, 0.3) is 0 Å². The van der Waals surface area contributed by atoms with Gasteiger partial charge in [-0.1, -0.05) is 32.4 Å². The molecule has 0 amide bonds. The highest BCUT2D eigenvalue weighted by Crippen LogP contribution is 2.40. The number of sulfone groups is 1. The van der Waals surface area contributed by atoms with Crippen LogP contribution < -0.4 is 0 Å². The van der Waals surface area contributed by atoms with Gasteiger partial charge in [-0.25, -0.2) is 8.42 Å². The van der Waals surface area contributed by atoms with E-state index in [0.29, 0.717) is 5.02 Å². The van der Waals surface area contributed by atoms with Crippen LogP contribution in [-0.2, 0) is 15.3 Å². The second-order valence-corrected chi connectivity index (χ2v) is 8.82. The van der Waals surface area contributed by atoms with Crippen molar-refractivity contribution in [1.82, 2.24) is 0 Å². The highest BCUT2D eigenvalue weighted by molar-refractivity contribution is 7.92. The Hall–Kier alpha value is -0.0600. The van der Waals surface area contributed by atoms with Gasteiger partial charge in [-0.3, -0.25) is 0 Å². The second kappa shape index (κ2) is 4.31. The van der Waals surface area contributed by atoms with Crippen molar-refractivity contribution in [3.05, 3.63) is 15.3 Å². The maximum absolute atomic E-state index is 12.0. The highest BCUT2D eigenvalue weighted by atomic mass is 35.5. The summed E-state index contributed by atoms with van der Waals surface area (Å²) in [5.74, 6) is 0. The monoisotopic (exact) mass is 280 g/mol. The van der Waals surface area contributed by atoms with Crippen molar-refractivity contribution in [3.63, 3.8) is 0 Å². The molecule has 1 aromatic heterocycles. The van der Waals surface area contributed by atoms with E-state index in [4.69, 9.17) is 11.6 Å². The van der Waals surface area contributed by atoms with E-state index in [-0.39, 0.29) is 10.3 Å². The molecule has 92 valence electrons. The Balaban J connectivity index is 3.37. The van der Waals surface area contributed by atoms with Gasteiger partial charge in [-0.2, -0.15) is 0 Å². The maximum atomic E-state index is 12.0. The highest BCUT2D eigenvalue weighted by Gasteiger charge is 2.29. The van der Waals surface area contributed by atoms with E-state index in [1.54, 1.807) is 19.2 Å². The van der Waals surface area contributed by atoms with E-state index in [2.05, 4.69) is 0 Å². The van der Waals surface area contributed by atoms with Crippen LogP contribution in [-0.4, -0.2) is 13.7 Å². The summed E-state index contributed by atoms with van der Waals surface area (Å²) in [4.78, 5) is 1.20. The zero-order valence-electron chi connectivity index (χ0n) is 10.2. The predicted octanol–water partition coefficient (Wildman–Crippen LogP) is 3.88. The van der Waals surface area contributed by atoms with E-state index in [9.17, 15) is 8.42 Å². The third-order valence-electron chi connectivity index (χ3n) is 2.31. The summed E-state index contributed by atoms with van der Waals surface area (Å²) in [6.45, 7) is 9.41. The maximum Gasteiger partial charge on any atom is 0.182 e. The van der Waals surface area contributed by atoms with Crippen molar-refractivity contribution in [2.75, 3.05) is 0 Å². The Bertz CT molecular complexity index is 479. The van der Waals surface area contributed by atoms with Gasteiger partial charge in [0.2, 0.25) is 0 Å². The fourth-order valence-corrected chi connectivity index (χ4v) is 4.65. The van der Waals surface area contributed by atoms with Crippen molar-refractivity contribution >= 4 is 32.8 Å². The topological polar surface area (TPSA) is 34.1 Å². The molecule has 0 aliphatic carbocycles. The fraction of sp³-hybridized carbons (Fsp3) is 0.636. The van der Waals surface area contributed by atoms with E-state index >= 15 is 0 Å². The number of halogens is 1. The lowest BCUT2D eigenvalue weighted by molar-refractivity contribution is 0.586. The zero-order valence-corrected chi connectivity index (χ0v) is 12.6. The molecule has 0 N–H and O–H groups in total. The van der Waals surface area contributed by atoms with Crippen LogP contribution in [0.4, 0.5) is 0 Å². The first-order valence-corrected chi connectivity index (χ1v) is 7.90. The molecule has 0 aliphatic heterocycles. The first kappa shape index (κ1) is 14.0. The van der Waals surface area contributed by atoms with Crippen LogP contribution in [0.15, 0.2) is 10.3 Å². The molecular formula is C11H17ClO2S2. The van der Waals surface area contributed by atoms with Gasteiger partial charge in [-0.15, -0.1) is 11.3 Å². The number of hydrogen-bond acceptors (Lipinski definition) is 3. The van der Waals surface area contributed by atoms with Gasteiger partial charge in [0.25, 0.3) is 0 Å². The van der Waals surface area contributed by atoms with Gasteiger partial charge < -0.3 is 0 Å². The summed E-state index contributed by atoms with van der Waals surface area (Å²) in [5.41, 5.74) is -0.119. The lowest BCUT2D eigenvalue weighted by Crippen LogP contribution is -2.14. The van der Waals surface area contributed by atoms with Crippen molar-refractivity contribution in [1.29, 1.82) is 0 Å². The zero-order chi connectivity index (χ0) is 12.7. The minimum atomic E-state index is -3.27. The summed E-state index contributed by atoms with van der Waals surface area (Å²) in [6, 6.07) is 0. The molecular weight excluding hydrogens is 264 g/mol. The van der Waals surface area contributed by atoms with Crippen LogP contribution in [0.5, 0.6) is 0 Å². The summed E-state index contributed by atoms with van der Waals surface area (Å²) < 4.78 is 24.0. The fourth-order valence-electron chi connectivity index (χ4n) is 1.28. The van der Waals surface area contributed by atoms with Crippen LogP contribution >= 0.6 is 22.9 Å². The predicted molar refractivity (Wildman–Crippen MR) is 70.4 cm³/mol. The molecule has 0 saturated carbocycles. The molecule has 0 aliphatic rings. The Morgan fingerprint density at radius 1 is 1.31 bits per heavy atom. The van der Waals surface area contributed by atoms with Gasteiger partial charge >= 0.3 is 0 Å². The van der Waals surface area contributed by atoms with Gasteiger partial charge in [-0.05, 0) is 19.3 Å². The van der Waals surface area contributed by atoms with E-state index < -0.39 is 15.1 Å². The number of thiophene rings is 1. The van der Waals surface area contributed by atoms with Crippen LogP contribution in [0.3, 0.4) is 0 Å². The lowest BCUT2D eigenvalue weighted by Gasteiger charge is -2.17. The van der Waals surface area contributed by atoms with Gasteiger partial charge in [0.1, 0.15) is 0 Å². The summed E-state index contributed by atoms with van der Waals surface area (Å²) in [6.07, 6.45) is 0. The first-order valence-electron chi connectivity index (χ1n) is 5.10. The van der Waals surface area contributed by atoms with E-state index in [1.807, 2.05) is 20.8 Å². The summed E-state index contributed by atoms with van der Waals surface area (Å²) >= 11 is 7.59. The van der Waals surface area contributed by atoms with Crippen LogP contribution in [0.1, 0.15) is 39.5 Å². The minimum Gasteiger partial charge on any atom is -0.223 e. The second-order valence-electron chi connectivity index (χ2n) is 5.09. The first-order chi connectivity index (χ1) is 7.08. The molecule has 0 bridgehead atoms. The SMILES string of the molecule is CC(C)S(=O)(=O)c1csc(C(C)(C)C)c1Cl. The molecule has 16 heavy (non-hydrogen) atoms.